The van der Waals surface area contributed by atoms with Crippen LogP contribution in [0.3, 0.4) is 0 Å². The molecule has 0 aliphatic heterocycles. The van der Waals surface area contributed by atoms with Gasteiger partial charge in [-0.2, -0.15) is 0 Å². The van der Waals surface area contributed by atoms with Crippen molar-refractivity contribution in [2.45, 2.75) is 97.3 Å². The summed E-state index contributed by atoms with van der Waals surface area (Å²) < 4.78 is 0. The van der Waals surface area contributed by atoms with Crippen molar-refractivity contribution in [2.75, 3.05) is 0 Å². The van der Waals surface area contributed by atoms with Gasteiger partial charge in [0.25, 0.3) is 0 Å². The molecule has 4 saturated carbocycles. The first-order valence-corrected chi connectivity index (χ1v) is 11.2. The maximum absolute atomic E-state index is 10.9. The first kappa shape index (κ1) is 17.9. The molecule has 0 aromatic rings. The van der Waals surface area contributed by atoms with E-state index in [2.05, 4.69) is 13.8 Å². The smallest absolute Gasteiger partial charge is 0.303 e. The van der Waals surface area contributed by atoms with Gasteiger partial charge >= 0.3 is 5.97 Å². The van der Waals surface area contributed by atoms with Crippen molar-refractivity contribution < 1.29 is 9.90 Å². The van der Waals surface area contributed by atoms with Crippen LogP contribution in [-0.4, -0.2) is 11.1 Å². The van der Waals surface area contributed by atoms with Crippen LogP contribution in [0.15, 0.2) is 0 Å². The molecule has 0 amide bonds. The number of carboxylic acid groups (broad SMARTS) is 1. The third kappa shape index (κ3) is 2.86. The van der Waals surface area contributed by atoms with Crippen LogP contribution >= 0.6 is 0 Å². The number of rotatable bonds is 4. The zero-order valence-corrected chi connectivity index (χ0v) is 16.4. The van der Waals surface area contributed by atoms with Crippen LogP contribution in [0.1, 0.15) is 97.3 Å². The zero-order chi connectivity index (χ0) is 17.7. The highest BCUT2D eigenvalue weighted by atomic mass is 16.4. The van der Waals surface area contributed by atoms with Crippen molar-refractivity contribution in [3.63, 3.8) is 0 Å². The summed E-state index contributed by atoms with van der Waals surface area (Å²) in [6.07, 6.45) is 17.0. The minimum atomic E-state index is -0.619. The second kappa shape index (κ2) is 6.57. The van der Waals surface area contributed by atoms with Crippen LogP contribution in [0, 0.1) is 40.4 Å². The number of hydrogen-bond donors (Lipinski definition) is 1. The van der Waals surface area contributed by atoms with E-state index in [1.807, 2.05) is 0 Å². The highest BCUT2D eigenvalue weighted by molar-refractivity contribution is 5.66. The highest BCUT2D eigenvalue weighted by Crippen LogP contribution is 2.67. The average Bonchev–Trinajstić information content (AvgIpc) is 2.91. The Kier molecular flexibility index (Phi) is 4.69. The normalized spacial score (nSPS) is 49.1. The van der Waals surface area contributed by atoms with Gasteiger partial charge in [-0.25, -0.2) is 0 Å². The molecule has 4 rings (SSSR count). The number of carbonyl (C=O) groups is 1. The molecule has 25 heavy (non-hydrogen) atoms. The van der Waals surface area contributed by atoms with Crippen molar-refractivity contribution in [1.29, 1.82) is 0 Å². The molecule has 3 unspecified atom stereocenters. The minimum Gasteiger partial charge on any atom is -0.481 e. The van der Waals surface area contributed by atoms with E-state index in [9.17, 15) is 4.79 Å². The predicted octanol–water partition coefficient (Wildman–Crippen LogP) is 6.29. The van der Waals surface area contributed by atoms with Gasteiger partial charge in [0.15, 0.2) is 0 Å². The fourth-order valence-corrected chi connectivity index (χ4v) is 8.38. The Morgan fingerprint density at radius 3 is 2.52 bits per heavy atom. The fraction of sp³-hybridized carbons (Fsp3) is 0.957. The van der Waals surface area contributed by atoms with Gasteiger partial charge in [0.05, 0.1) is 0 Å². The van der Waals surface area contributed by atoms with E-state index >= 15 is 0 Å². The molecule has 0 radical (unpaired) electrons. The molecule has 4 aliphatic carbocycles. The summed E-state index contributed by atoms with van der Waals surface area (Å²) in [6, 6.07) is 0. The number of hydrogen-bond acceptors (Lipinski definition) is 1. The lowest BCUT2D eigenvalue weighted by molar-refractivity contribution is -0.137. The van der Waals surface area contributed by atoms with Gasteiger partial charge in [-0.1, -0.05) is 26.7 Å². The van der Waals surface area contributed by atoms with Crippen molar-refractivity contribution in [2.24, 2.45) is 40.4 Å². The van der Waals surface area contributed by atoms with Gasteiger partial charge in [0.1, 0.15) is 0 Å². The Labute approximate surface area is 154 Å². The monoisotopic (exact) mass is 346 g/mol. The average molecular weight is 347 g/mol. The standard InChI is InChI=1S/C23H38O2/c1-22-14-4-3-6-16(22)9-11-18-19-12-10-17(7-5-8-21(24)25)23(19,2)15-13-20(18)22/h16-20H,3-15H2,1-2H3,(H,24,25)/t16-,17-,18?,19?,20?,22-,23+/m0/s1. The van der Waals surface area contributed by atoms with E-state index < -0.39 is 5.97 Å². The van der Waals surface area contributed by atoms with E-state index in [0.29, 0.717) is 17.3 Å². The molecular formula is C23H38O2. The Hall–Kier alpha value is -0.530. The van der Waals surface area contributed by atoms with Gasteiger partial charge in [-0.05, 0) is 105 Å². The van der Waals surface area contributed by atoms with E-state index in [4.69, 9.17) is 5.11 Å². The molecule has 7 atom stereocenters. The van der Waals surface area contributed by atoms with Crippen molar-refractivity contribution in [3.05, 3.63) is 0 Å². The lowest BCUT2D eigenvalue weighted by atomic mass is 9.45. The van der Waals surface area contributed by atoms with Crippen LogP contribution in [-0.2, 0) is 4.79 Å². The SMILES string of the molecule is C[C@]12CCC3C(CC[C@@H]4CCCC[C@]34C)C1CC[C@@H]2CCCC(=O)O. The predicted molar refractivity (Wildman–Crippen MR) is 101 cm³/mol. The third-order valence-corrected chi connectivity index (χ3v) is 9.72. The van der Waals surface area contributed by atoms with Gasteiger partial charge in [-0.15, -0.1) is 0 Å². The van der Waals surface area contributed by atoms with Crippen LogP contribution in [0.2, 0.25) is 0 Å². The molecule has 1 N–H and O–H groups in total. The minimum absolute atomic E-state index is 0.364. The summed E-state index contributed by atoms with van der Waals surface area (Å²) in [4.78, 5) is 10.9. The number of carboxylic acids is 1. The summed E-state index contributed by atoms with van der Waals surface area (Å²) >= 11 is 0. The number of aliphatic carboxylic acids is 1. The molecule has 0 aromatic carbocycles. The van der Waals surface area contributed by atoms with E-state index in [1.54, 1.807) is 0 Å². The van der Waals surface area contributed by atoms with Gasteiger partial charge in [-0.3, -0.25) is 4.79 Å². The van der Waals surface area contributed by atoms with Crippen LogP contribution in [0.5, 0.6) is 0 Å². The van der Waals surface area contributed by atoms with E-state index in [-0.39, 0.29) is 0 Å². The fourth-order valence-electron chi connectivity index (χ4n) is 8.38. The first-order chi connectivity index (χ1) is 11.9. The van der Waals surface area contributed by atoms with Crippen molar-refractivity contribution in [3.8, 4) is 0 Å². The lowest BCUT2D eigenvalue weighted by Gasteiger charge is -2.60. The second-order valence-electron chi connectivity index (χ2n) is 10.5. The van der Waals surface area contributed by atoms with Crippen molar-refractivity contribution >= 4 is 5.97 Å². The summed E-state index contributed by atoms with van der Waals surface area (Å²) in [5.41, 5.74) is 1.15. The highest BCUT2D eigenvalue weighted by Gasteiger charge is 2.59. The summed E-state index contributed by atoms with van der Waals surface area (Å²) in [5.74, 6) is 4.08. The molecule has 0 bridgehead atoms. The molecule has 2 nitrogen and oxygen atoms in total. The number of fused-ring (bicyclic) bond motifs is 5. The molecular weight excluding hydrogens is 308 g/mol. The summed E-state index contributed by atoms with van der Waals surface area (Å²) in [6.45, 7) is 5.25. The van der Waals surface area contributed by atoms with Gasteiger partial charge in [0.2, 0.25) is 0 Å². The van der Waals surface area contributed by atoms with Crippen LogP contribution in [0.25, 0.3) is 0 Å². The van der Waals surface area contributed by atoms with Crippen molar-refractivity contribution in [1.82, 2.24) is 0 Å². The third-order valence-electron chi connectivity index (χ3n) is 9.72. The lowest BCUT2D eigenvalue weighted by Crippen LogP contribution is -2.52. The summed E-state index contributed by atoms with van der Waals surface area (Å²) in [7, 11) is 0. The molecule has 2 heteroatoms. The molecule has 0 saturated heterocycles. The van der Waals surface area contributed by atoms with Gasteiger partial charge in [0, 0.05) is 6.42 Å². The zero-order valence-electron chi connectivity index (χ0n) is 16.4. The topological polar surface area (TPSA) is 37.3 Å². The van der Waals surface area contributed by atoms with Crippen LogP contribution in [0.4, 0.5) is 0 Å². The molecule has 0 aromatic heterocycles. The Morgan fingerprint density at radius 1 is 0.920 bits per heavy atom. The molecule has 4 aliphatic rings. The maximum atomic E-state index is 10.9. The molecule has 4 fully saturated rings. The second-order valence-corrected chi connectivity index (χ2v) is 10.5. The van der Waals surface area contributed by atoms with E-state index in [0.717, 1.165) is 42.4 Å². The largest absolute Gasteiger partial charge is 0.481 e. The van der Waals surface area contributed by atoms with Crippen LogP contribution < -0.4 is 0 Å². The molecule has 0 heterocycles. The first-order valence-electron chi connectivity index (χ1n) is 11.2. The Morgan fingerprint density at radius 2 is 1.72 bits per heavy atom. The quantitative estimate of drug-likeness (QED) is 0.649. The van der Waals surface area contributed by atoms with E-state index in [1.165, 1.54) is 64.2 Å². The maximum Gasteiger partial charge on any atom is 0.303 e. The van der Waals surface area contributed by atoms with Gasteiger partial charge < -0.3 is 5.11 Å². The summed E-state index contributed by atoms with van der Waals surface area (Å²) in [5, 5.41) is 8.98. The Bertz CT molecular complexity index is 514. The Balaban J connectivity index is 1.48. The molecule has 0 spiro atoms. The molecule has 142 valence electrons.